The molecule has 4 heteroatoms. The van der Waals surface area contributed by atoms with Crippen LogP contribution in [0.1, 0.15) is 86.8 Å². The van der Waals surface area contributed by atoms with Crippen LogP contribution in [0.2, 0.25) is 0 Å². The Morgan fingerprint density at radius 1 is 1.06 bits per heavy atom. The molecule has 2 aromatic rings. The number of piperidine rings is 1. The zero-order valence-electron chi connectivity index (χ0n) is 21.2. The van der Waals surface area contributed by atoms with Gasteiger partial charge in [-0.2, -0.15) is 0 Å². The maximum absolute atomic E-state index is 13.7. The van der Waals surface area contributed by atoms with Crippen LogP contribution in [-0.4, -0.2) is 29.3 Å². The van der Waals surface area contributed by atoms with Crippen LogP contribution >= 0.6 is 0 Å². The normalized spacial score (nSPS) is 18.8. The van der Waals surface area contributed by atoms with Crippen molar-refractivity contribution < 1.29 is 9.59 Å². The highest BCUT2D eigenvalue weighted by atomic mass is 16.2. The van der Waals surface area contributed by atoms with Crippen LogP contribution in [0.4, 0.5) is 5.69 Å². The molecule has 3 rings (SSSR count). The lowest BCUT2D eigenvalue weighted by molar-refractivity contribution is -0.123. The highest BCUT2D eigenvalue weighted by molar-refractivity contribution is 5.98. The monoisotopic (exact) mass is 448 g/mol. The number of carbonyl (C=O) groups is 2. The van der Waals surface area contributed by atoms with Gasteiger partial charge < -0.3 is 10.2 Å². The first-order valence-electron chi connectivity index (χ1n) is 12.4. The Bertz CT molecular complexity index is 969. The molecule has 1 aliphatic rings. The van der Waals surface area contributed by atoms with Gasteiger partial charge in [0.25, 0.3) is 5.91 Å². The van der Waals surface area contributed by atoms with Gasteiger partial charge in [0.05, 0.1) is 5.92 Å². The van der Waals surface area contributed by atoms with E-state index in [9.17, 15) is 9.59 Å². The van der Waals surface area contributed by atoms with E-state index in [1.165, 1.54) is 5.56 Å². The SMILES string of the molecule is CCCCC1[C@@H](C(=O)Nc2cccc(C(C)(C)C)c2)CCCN1C(=O)c1c(C)cccc1C. The van der Waals surface area contributed by atoms with E-state index >= 15 is 0 Å². The van der Waals surface area contributed by atoms with E-state index < -0.39 is 0 Å². The number of benzene rings is 2. The Kier molecular flexibility index (Phi) is 7.99. The maximum atomic E-state index is 13.7. The van der Waals surface area contributed by atoms with Crippen molar-refractivity contribution in [1.29, 1.82) is 0 Å². The first-order valence-corrected chi connectivity index (χ1v) is 12.4. The molecule has 1 heterocycles. The molecule has 1 unspecified atom stereocenters. The fraction of sp³-hybridized carbons (Fsp3) is 0.517. The molecule has 0 saturated carbocycles. The Morgan fingerprint density at radius 2 is 1.73 bits per heavy atom. The molecule has 0 aliphatic carbocycles. The number of nitrogens with zero attached hydrogens (tertiary/aromatic N) is 1. The van der Waals surface area contributed by atoms with Crippen LogP contribution < -0.4 is 5.32 Å². The summed E-state index contributed by atoms with van der Waals surface area (Å²) < 4.78 is 0. The van der Waals surface area contributed by atoms with Crippen molar-refractivity contribution in [3.63, 3.8) is 0 Å². The van der Waals surface area contributed by atoms with Gasteiger partial charge in [0.1, 0.15) is 0 Å². The van der Waals surface area contributed by atoms with Crippen molar-refractivity contribution in [1.82, 2.24) is 4.90 Å². The van der Waals surface area contributed by atoms with Crippen LogP contribution in [0.15, 0.2) is 42.5 Å². The number of anilines is 1. The Morgan fingerprint density at radius 3 is 2.36 bits per heavy atom. The summed E-state index contributed by atoms with van der Waals surface area (Å²) in [4.78, 5) is 29.2. The molecule has 178 valence electrons. The zero-order chi connectivity index (χ0) is 24.2. The zero-order valence-corrected chi connectivity index (χ0v) is 21.2. The van der Waals surface area contributed by atoms with Crippen molar-refractivity contribution in [2.24, 2.45) is 5.92 Å². The predicted molar refractivity (Wildman–Crippen MR) is 137 cm³/mol. The lowest BCUT2D eigenvalue weighted by Gasteiger charge is -2.41. The Hall–Kier alpha value is -2.62. The van der Waals surface area contributed by atoms with E-state index in [1.54, 1.807) is 0 Å². The van der Waals surface area contributed by atoms with Crippen LogP contribution in [-0.2, 0) is 10.2 Å². The summed E-state index contributed by atoms with van der Waals surface area (Å²) in [6.07, 6.45) is 4.57. The standard InChI is InChI=1S/C29H40N2O2/c1-7-8-17-25-24(27(32)30-23-15-10-14-22(19-23)29(4,5)6)16-11-18-31(25)28(33)26-20(2)12-9-13-21(26)3/h9-10,12-15,19,24-25H,7-8,11,16-18H2,1-6H3,(H,30,32)/t24-,25?/m0/s1. The van der Waals surface area contributed by atoms with E-state index in [-0.39, 0.29) is 29.2 Å². The second-order valence-corrected chi connectivity index (χ2v) is 10.5. The minimum absolute atomic E-state index is 0.0177. The molecule has 0 bridgehead atoms. The highest BCUT2D eigenvalue weighted by Crippen LogP contribution is 2.32. The summed E-state index contributed by atoms with van der Waals surface area (Å²) in [5.41, 5.74) is 4.83. The fourth-order valence-corrected chi connectivity index (χ4v) is 4.98. The predicted octanol–water partition coefficient (Wildman–Crippen LogP) is 6.65. The van der Waals surface area contributed by atoms with Gasteiger partial charge in [0, 0.05) is 23.8 Å². The maximum Gasteiger partial charge on any atom is 0.254 e. The number of carbonyl (C=O) groups excluding carboxylic acids is 2. The number of aryl methyl sites for hydroxylation is 2. The minimum Gasteiger partial charge on any atom is -0.335 e. The molecule has 1 N–H and O–H groups in total. The summed E-state index contributed by atoms with van der Waals surface area (Å²) in [5, 5.41) is 3.18. The van der Waals surface area contributed by atoms with Crippen molar-refractivity contribution >= 4 is 17.5 Å². The van der Waals surface area contributed by atoms with E-state index in [0.717, 1.165) is 54.5 Å². The largest absolute Gasteiger partial charge is 0.335 e. The molecule has 2 aromatic carbocycles. The quantitative estimate of drug-likeness (QED) is 0.538. The summed E-state index contributed by atoms with van der Waals surface area (Å²) in [7, 11) is 0. The number of unbranched alkanes of at least 4 members (excludes halogenated alkanes) is 1. The van der Waals surface area contributed by atoms with Gasteiger partial charge in [-0.25, -0.2) is 0 Å². The molecule has 1 aliphatic heterocycles. The van der Waals surface area contributed by atoms with Crippen molar-refractivity contribution in [2.45, 2.75) is 85.1 Å². The topological polar surface area (TPSA) is 49.4 Å². The average Bonchev–Trinajstić information content (AvgIpc) is 2.76. The molecule has 33 heavy (non-hydrogen) atoms. The van der Waals surface area contributed by atoms with Gasteiger partial charge in [0.2, 0.25) is 5.91 Å². The third-order valence-corrected chi connectivity index (χ3v) is 6.92. The minimum atomic E-state index is -0.197. The Labute approximate surface area is 199 Å². The lowest BCUT2D eigenvalue weighted by Crippen LogP contribution is -2.52. The molecule has 0 radical (unpaired) electrons. The molecule has 4 nitrogen and oxygen atoms in total. The van der Waals surface area contributed by atoms with E-state index in [4.69, 9.17) is 0 Å². The van der Waals surface area contributed by atoms with Crippen LogP contribution in [0, 0.1) is 19.8 Å². The molecule has 2 amide bonds. The first-order chi connectivity index (χ1) is 15.6. The summed E-state index contributed by atoms with van der Waals surface area (Å²) in [6, 6.07) is 14.0. The van der Waals surface area contributed by atoms with Crippen LogP contribution in [0.5, 0.6) is 0 Å². The average molecular weight is 449 g/mol. The van der Waals surface area contributed by atoms with Crippen molar-refractivity contribution in [3.05, 3.63) is 64.7 Å². The summed E-state index contributed by atoms with van der Waals surface area (Å²) in [5.74, 6) is -0.100. The number of likely N-dealkylation sites (tertiary alicyclic amines) is 1. The highest BCUT2D eigenvalue weighted by Gasteiger charge is 2.38. The smallest absolute Gasteiger partial charge is 0.254 e. The van der Waals surface area contributed by atoms with Gasteiger partial charge >= 0.3 is 0 Å². The molecular formula is C29H40N2O2. The third-order valence-electron chi connectivity index (χ3n) is 6.92. The van der Waals surface area contributed by atoms with Gasteiger partial charge in [-0.05, 0) is 67.3 Å². The Balaban J connectivity index is 1.86. The van der Waals surface area contributed by atoms with Crippen LogP contribution in [0.25, 0.3) is 0 Å². The van der Waals surface area contributed by atoms with Gasteiger partial charge in [-0.3, -0.25) is 9.59 Å². The number of amides is 2. The second-order valence-electron chi connectivity index (χ2n) is 10.5. The number of rotatable bonds is 6. The molecular weight excluding hydrogens is 408 g/mol. The van der Waals surface area contributed by atoms with Gasteiger partial charge in [-0.15, -0.1) is 0 Å². The molecule has 1 fully saturated rings. The van der Waals surface area contributed by atoms with E-state index in [2.05, 4.69) is 45.1 Å². The number of hydrogen-bond acceptors (Lipinski definition) is 2. The fourth-order valence-electron chi connectivity index (χ4n) is 4.98. The van der Waals surface area contributed by atoms with E-state index in [1.807, 2.05) is 49.1 Å². The molecule has 2 atom stereocenters. The van der Waals surface area contributed by atoms with Gasteiger partial charge in [-0.1, -0.05) is 70.9 Å². The first kappa shape index (κ1) is 25.0. The number of hydrogen-bond donors (Lipinski definition) is 1. The molecule has 0 spiro atoms. The van der Waals surface area contributed by atoms with E-state index in [0.29, 0.717) is 6.54 Å². The van der Waals surface area contributed by atoms with Gasteiger partial charge in [0.15, 0.2) is 0 Å². The van der Waals surface area contributed by atoms with Crippen LogP contribution in [0.3, 0.4) is 0 Å². The third kappa shape index (κ3) is 5.85. The number of nitrogens with one attached hydrogen (secondary N) is 1. The lowest BCUT2D eigenvalue weighted by atomic mass is 9.84. The summed E-state index contributed by atoms with van der Waals surface area (Å²) in [6.45, 7) is 13.4. The van der Waals surface area contributed by atoms with Crippen molar-refractivity contribution in [3.8, 4) is 0 Å². The second kappa shape index (κ2) is 10.5. The molecule has 0 aromatic heterocycles. The summed E-state index contributed by atoms with van der Waals surface area (Å²) >= 11 is 0. The molecule has 1 saturated heterocycles. The van der Waals surface area contributed by atoms with Crippen molar-refractivity contribution in [2.75, 3.05) is 11.9 Å².